The summed E-state index contributed by atoms with van der Waals surface area (Å²) in [7, 11) is 1.64. The zero-order valence-electron chi connectivity index (χ0n) is 12.7. The standard InChI is InChI=1S/C20H16O2S/c1-22-17-8-6-13(7-9-17)20(21)19-12-16-10-14-4-2-3-5-15(14)11-18(16)23-19/h2-12,20-21H,1H3/t20-/m0/s1. The Kier molecular flexibility index (Phi) is 3.52. The summed E-state index contributed by atoms with van der Waals surface area (Å²) in [5, 5.41) is 14.3. The van der Waals surface area contributed by atoms with Crippen LogP contribution >= 0.6 is 11.3 Å². The van der Waals surface area contributed by atoms with E-state index < -0.39 is 6.10 Å². The lowest BCUT2D eigenvalue weighted by atomic mass is 10.1. The van der Waals surface area contributed by atoms with E-state index in [0.29, 0.717) is 0 Å². The molecule has 1 aromatic heterocycles. The molecule has 4 aromatic rings. The Balaban J connectivity index is 1.76. The summed E-state index contributed by atoms with van der Waals surface area (Å²) < 4.78 is 6.37. The van der Waals surface area contributed by atoms with Gasteiger partial charge in [-0.15, -0.1) is 11.3 Å². The minimum absolute atomic E-state index is 0.610. The molecule has 0 aliphatic rings. The molecule has 0 saturated heterocycles. The Hall–Kier alpha value is -2.36. The minimum Gasteiger partial charge on any atom is -0.497 e. The molecule has 1 heterocycles. The number of methoxy groups -OCH3 is 1. The van der Waals surface area contributed by atoms with Gasteiger partial charge in [0.15, 0.2) is 0 Å². The summed E-state index contributed by atoms with van der Waals surface area (Å²) in [5.74, 6) is 0.795. The molecule has 3 aromatic carbocycles. The van der Waals surface area contributed by atoms with Crippen molar-refractivity contribution in [2.24, 2.45) is 0 Å². The van der Waals surface area contributed by atoms with Crippen LogP contribution in [0.2, 0.25) is 0 Å². The third kappa shape index (κ3) is 2.58. The maximum Gasteiger partial charge on any atom is 0.118 e. The molecule has 0 aliphatic carbocycles. The van der Waals surface area contributed by atoms with Crippen LogP contribution in [0.25, 0.3) is 20.9 Å². The van der Waals surface area contributed by atoms with Crippen LogP contribution in [0.4, 0.5) is 0 Å². The van der Waals surface area contributed by atoms with E-state index in [2.05, 4.69) is 36.4 Å². The van der Waals surface area contributed by atoms with Gasteiger partial charge in [-0.25, -0.2) is 0 Å². The second-order valence-corrected chi connectivity index (χ2v) is 6.68. The quantitative estimate of drug-likeness (QED) is 0.566. The van der Waals surface area contributed by atoms with Gasteiger partial charge in [-0.2, -0.15) is 0 Å². The highest BCUT2D eigenvalue weighted by molar-refractivity contribution is 7.19. The van der Waals surface area contributed by atoms with Gasteiger partial charge in [0.25, 0.3) is 0 Å². The van der Waals surface area contributed by atoms with Crippen molar-refractivity contribution in [2.45, 2.75) is 6.10 Å². The number of ether oxygens (including phenoxy) is 1. The molecule has 4 rings (SSSR count). The molecule has 1 N–H and O–H groups in total. The van der Waals surface area contributed by atoms with Crippen LogP contribution in [0.3, 0.4) is 0 Å². The first-order chi connectivity index (χ1) is 11.2. The first-order valence-corrected chi connectivity index (χ1v) is 8.30. The van der Waals surface area contributed by atoms with Gasteiger partial charge in [0.1, 0.15) is 11.9 Å². The monoisotopic (exact) mass is 320 g/mol. The van der Waals surface area contributed by atoms with Crippen molar-refractivity contribution >= 4 is 32.2 Å². The second kappa shape index (κ2) is 5.69. The SMILES string of the molecule is COc1ccc([C@H](O)c2cc3cc4ccccc4cc3s2)cc1. The van der Waals surface area contributed by atoms with Crippen LogP contribution in [0.1, 0.15) is 16.5 Å². The molecule has 114 valence electrons. The summed E-state index contributed by atoms with van der Waals surface area (Å²) >= 11 is 1.64. The van der Waals surface area contributed by atoms with Crippen molar-refractivity contribution in [3.63, 3.8) is 0 Å². The van der Waals surface area contributed by atoms with Crippen LogP contribution in [0.5, 0.6) is 5.75 Å². The van der Waals surface area contributed by atoms with Gasteiger partial charge in [-0.1, -0.05) is 36.4 Å². The molecule has 0 spiro atoms. The zero-order chi connectivity index (χ0) is 15.8. The number of hydrogen-bond acceptors (Lipinski definition) is 3. The van der Waals surface area contributed by atoms with Crippen molar-refractivity contribution in [2.75, 3.05) is 7.11 Å². The summed E-state index contributed by atoms with van der Waals surface area (Å²) in [5.41, 5.74) is 0.877. The molecule has 0 saturated carbocycles. The molecule has 0 fully saturated rings. The number of rotatable bonds is 3. The van der Waals surface area contributed by atoms with E-state index in [4.69, 9.17) is 4.74 Å². The van der Waals surface area contributed by atoms with Crippen molar-refractivity contribution in [3.05, 3.63) is 77.2 Å². The van der Waals surface area contributed by atoms with E-state index in [1.807, 2.05) is 30.3 Å². The van der Waals surface area contributed by atoms with Crippen LogP contribution < -0.4 is 4.74 Å². The Labute approximate surface area is 138 Å². The topological polar surface area (TPSA) is 29.5 Å². The molecule has 0 radical (unpaired) electrons. The molecule has 0 aliphatic heterocycles. The fourth-order valence-corrected chi connectivity index (χ4v) is 3.94. The third-order valence-electron chi connectivity index (χ3n) is 4.10. The number of aliphatic hydroxyl groups excluding tert-OH is 1. The number of aliphatic hydroxyl groups is 1. The Morgan fingerprint density at radius 3 is 2.26 bits per heavy atom. The van der Waals surface area contributed by atoms with Gasteiger partial charge in [-0.3, -0.25) is 0 Å². The first-order valence-electron chi connectivity index (χ1n) is 7.49. The normalized spacial score (nSPS) is 12.6. The summed E-state index contributed by atoms with van der Waals surface area (Å²) in [6.07, 6.45) is -0.610. The molecular formula is C20H16O2S. The van der Waals surface area contributed by atoms with Crippen LogP contribution in [-0.2, 0) is 0 Å². The fraction of sp³-hybridized carbons (Fsp3) is 0.100. The van der Waals surface area contributed by atoms with E-state index >= 15 is 0 Å². The predicted molar refractivity (Wildman–Crippen MR) is 96.4 cm³/mol. The largest absolute Gasteiger partial charge is 0.497 e. The van der Waals surface area contributed by atoms with Gasteiger partial charge in [0.2, 0.25) is 0 Å². The third-order valence-corrected chi connectivity index (χ3v) is 5.26. The summed E-state index contributed by atoms with van der Waals surface area (Å²) in [6, 6.07) is 22.4. The maximum atomic E-state index is 10.7. The highest BCUT2D eigenvalue weighted by Gasteiger charge is 2.14. The van der Waals surface area contributed by atoms with E-state index in [9.17, 15) is 5.11 Å². The van der Waals surface area contributed by atoms with Gasteiger partial charge in [0.05, 0.1) is 7.11 Å². The molecule has 0 unspecified atom stereocenters. The van der Waals surface area contributed by atoms with Crippen LogP contribution in [-0.4, -0.2) is 12.2 Å². The van der Waals surface area contributed by atoms with E-state index in [-0.39, 0.29) is 0 Å². The number of benzene rings is 3. The van der Waals surface area contributed by atoms with Crippen molar-refractivity contribution in [3.8, 4) is 5.75 Å². The Morgan fingerprint density at radius 1 is 0.870 bits per heavy atom. The highest BCUT2D eigenvalue weighted by Crippen LogP contribution is 2.35. The molecule has 3 heteroatoms. The van der Waals surface area contributed by atoms with Crippen molar-refractivity contribution < 1.29 is 9.84 Å². The molecule has 23 heavy (non-hydrogen) atoms. The predicted octanol–water partition coefficient (Wildman–Crippen LogP) is 5.14. The van der Waals surface area contributed by atoms with Gasteiger partial charge in [0, 0.05) is 9.58 Å². The summed E-state index contributed by atoms with van der Waals surface area (Å²) in [4.78, 5) is 0.959. The molecule has 2 nitrogen and oxygen atoms in total. The van der Waals surface area contributed by atoms with Gasteiger partial charge >= 0.3 is 0 Å². The highest BCUT2D eigenvalue weighted by atomic mass is 32.1. The van der Waals surface area contributed by atoms with Crippen molar-refractivity contribution in [1.29, 1.82) is 0 Å². The van der Waals surface area contributed by atoms with E-state index in [1.165, 1.54) is 20.9 Å². The first kappa shape index (κ1) is 14.2. The zero-order valence-corrected chi connectivity index (χ0v) is 13.5. The van der Waals surface area contributed by atoms with E-state index in [1.54, 1.807) is 18.4 Å². The van der Waals surface area contributed by atoms with E-state index in [0.717, 1.165) is 16.2 Å². The number of hydrogen-bond donors (Lipinski definition) is 1. The molecular weight excluding hydrogens is 304 g/mol. The lowest BCUT2D eigenvalue weighted by Crippen LogP contribution is -1.96. The average molecular weight is 320 g/mol. The fourth-order valence-electron chi connectivity index (χ4n) is 2.83. The Morgan fingerprint density at radius 2 is 1.57 bits per heavy atom. The lowest BCUT2D eigenvalue weighted by Gasteiger charge is -2.09. The average Bonchev–Trinajstić information content (AvgIpc) is 3.02. The minimum atomic E-state index is -0.610. The van der Waals surface area contributed by atoms with Crippen LogP contribution in [0.15, 0.2) is 66.7 Å². The van der Waals surface area contributed by atoms with Gasteiger partial charge in [-0.05, 0) is 52.1 Å². The smallest absolute Gasteiger partial charge is 0.118 e. The van der Waals surface area contributed by atoms with Crippen molar-refractivity contribution in [1.82, 2.24) is 0 Å². The van der Waals surface area contributed by atoms with Gasteiger partial charge < -0.3 is 9.84 Å². The molecule has 0 amide bonds. The molecule has 1 atom stereocenters. The molecule has 0 bridgehead atoms. The maximum absolute atomic E-state index is 10.7. The summed E-state index contributed by atoms with van der Waals surface area (Å²) in [6.45, 7) is 0. The Bertz CT molecular complexity index is 917. The number of fused-ring (bicyclic) bond motifs is 2. The second-order valence-electron chi connectivity index (χ2n) is 5.56. The van der Waals surface area contributed by atoms with Crippen LogP contribution in [0, 0.1) is 0 Å². The lowest BCUT2D eigenvalue weighted by molar-refractivity contribution is 0.224. The number of thiophene rings is 1.